The maximum Gasteiger partial charge on any atom is 0.322 e. The van der Waals surface area contributed by atoms with Gasteiger partial charge in [-0.2, -0.15) is 0 Å². The summed E-state index contributed by atoms with van der Waals surface area (Å²) >= 11 is 0. The maximum absolute atomic E-state index is 13.7. The monoisotopic (exact) mass is 296 g/mol. The summed E-state index contributed by atoms with van der Waals surface area (Å²) in [5, 5.41) is 11.3. The Morgan fingerprint density at radius 2 is 2.05 bits per heavy atom. The van der Waals surface area contributed by atoms with Crippen LogP contribution in [0.4, 0.5) is 14.9 Å². The van der Waals surface area contributed by atoms with Crippen LogP contribution in [0.5, 0.6) is 0 Å². The molecule has 0 aliphatic rings. The van der Waals surface area contributed by atoms with E-state index in [1.807, 2.05) is 0 Å². The van der Waals surface area contributed by atoms with Gasteiger partial charge in [-0.3, -0.25) is 9.69 Å². The Bertz CT molecular complexity index is 494. The van der Waals surface area contributed by atoms with E-state index in [2.05, 4.69) is 5.32 Å². The van der Waals surface area contributed by atoms with Gasteiger partial charge in [0, 0.05) is 19.0 Å². The van der Waals surface area contributed by atoms with Crippen molar-refractivity contribution in [1.82, 2.24) is 5.32 Å². The number of para-hydroxylation sites is 1. The highest BCUT2D eigenvalue weighted by Crippen LogP contribution is 2.18. The van der Waals surface area contributed by atoms with E-state index in [1.54, 1.807) is 32.0 Å². The molecule has 1 rings (SSSR count). The number of nitrogens with one attached hydrogen (secondary N) is 1. The van der Waals surface area contributed by atoms with Gasteiger partial charge in [-0.05, 0) is 38.8 Å². The third kappa shape index (κ3) is 5.41. The van der Waals surface area contributed by atoms with Gasteiger partial charge in [0.2, 0.25) is 0 Å². The summed E-state index contributed by atoms with van der Waals surface area (Å²) in [6.07, 6.45) is 1.13. The van der Waals surface area contributed by atoms with Gasteiger partial charge < -0.3 is 10.4 Å². The van der Waals surface area contributed by atoms with Crippen LogP contribution >= 0.6 is 0 Å². The molecule has 1 unspecified atom stereocenters. The Balaban J connectivity index is 2.60. The summed E-state index contributed by atoms with van der Waals surface area (Å²) < 4.78 is 13.7. The summed E-state index contributed by atoms with van der Waals surface area (Å²) in [6.45, 7) is 3.91. The number of urea groups is 1. The molecule has 0 radical (unpaired) electrons. The molecule has 0 aliphatic heterocycles. The number of carboxylic acid groups (broad SMARTS) is 1. The van der Waals surface area contributed by atoms with E-state index in [1.165, 1.54) is 11.0 Å². The van der Waals surface area contributed by atoms with Gasteiger partial charge in [0.05, 0.1) is 5.69 Å². The normalized spacial score (nSPS) is 11.8. The second-order valence-corrected chi connectivity index (χ2v) is 4.83. The predicted octanol–water partition coefficient (Wildman–Crippen LogP) is 3.01. The molecular weight excluding hydrogens is 275 g/mol. The van der Waals surface area contributed by atoms with Gasteiger partial charge in [-0.25, -0.2) is 9.18 Å². The van der Waals surface area contributed by atoms with E-state index < -0.39 is 11.8 Å². The highest BCUT2D eigenvalue weighted by molar-refractivity contribution is 5.92. The number of aliphatic carboxylic acids is 1. The van der Waals surface area contributed by atoms with Gasteiger partial charge in [0.1, 0.15) is 5.82 Å². The molecule has 0 saturated carbocycles. The zero-order valence-electron chi connectivity index (χ0n) is 12.3. The fourth-order valence-corrected chi connectivity index (χ4v) is 2.01. The SMILES string of the molecule is CCN(C(=O)NC(C)CCCC(=O)O)c1ccccc1F. The number of rotatable bonds is 7. The molecule has 0 aliphatic carbocycles. The fourth-order valence-electron chi connectivity index (χ4n) is 2.01. The number of carbonyl (C=O) groups excluding carboxylic acids is 1. The molecule has 0 heterocycles. The Kier molecular flexibility index (Phi) is 6.65. The molecule has 116 valence electrons. The minimum absolute atomic E-state index is 0.0744. The molecule has 2 N–H and O–H groups in total. The van der Waals surface area contributed by atoms with Crippen LogP contribution in [0.15, 0.2) is 24.3 Å². The second-order valence-electron chi connectivity index (χ2n) is 4.83. The third-order valence-electron chi connectivity index (χ3n) is 3.10. The van der Waals surface area contributed by atoms with Crippen LogP contribution in [0.25, 0.3) is 0 Å². The lowest BCUT2D eigenvalue weighted by atomic mass is 10.1. The number of anilines is 1. The molecule has 0 bridgehead atoms. The predicted molar refractivity (Wildman–Crippen MR) is 78.9 cm³/mol. The third-order valence-corrected chi connectivity index (χ3v) is 3.10. The lowest BCUT2D eigenvalue weighted by molar-refractivity contribution is -0.137. The van der Waals surface area contributed by atoms with Crippen LogP contribution in [-0.4, -0.2) is 29.7 Å². The molecule has 6 heteroatoms. The zero-order chi connectivity index (χ0) is 15.8. The highest BCUT2D eigenvalue weighted by Gasteiger charge is 2.18. The first-order valence-corrected chi connectivity index (χ1v) is 7.00. The topological polar surface area (TPSA) is 69.6 Å². The van der Waals surface area contributed by atoms with Crippen LogP contribution in [-0.2, 0) is 4.79 Å². The standard InChI is InChI=1S/C15H21FN2O3/c1-3-18(13-9-5-4-8-12(13)16)15(21)17-11(2)7-6-10-14(19)20/h4-5,8-9,11H,3,6-7,10H2,1-2H3,(H,17,21)(H,19,20). The Morgan fingerprint density at radius 1 is 1.38 bits per heavy atom. The molecule has 21 heavy (non-hydrogen) atoms. The van der Waals surface area contributed by atoms with Gasteiger partial charge in [-0.1, -0.05) is 12.1 Å². The van der Waals surface area contributed by atoms with Crippen LogP contribution < -0.4 is 10.2 Å². The van der Waals surface area contributed by atoms with Gasteiger partial charge in [0.25, 0.3) is 0 Å². The molecule has 5 nitrogen and oxygen atoms in total. The first-order valence-electron chi connectivity index (χ1n) is 7.00. The van der Waals surface area contributed by atoms with Crippen molar-refractivity contribution in [1.29, 1.82) is 0 Å². The van der Waals surface area contributed by atoms with Crippen molar-refractivity contribution >= 4 is 17.7 Å². The summed E-state index contributed by atoms with van der Waals surface area (Å²) in [7, 11) is 0. The van der Waals surface area contributed by atoms with E-state index >= 15 is 0 Å². The van der Waals surface area contributed by atoms with Crippen molar-refractivity contribution in [2.24, 2.45) is 0 Å². The maximum atomic E-state index is 13.7. The zero-order valence-corrected chi connectivity index (χ0v) is 12.3. The molecule has 0 spiro atoms. The van der Waals surface area contributed by atoms with Crippen molar-refractivity contribution in [3.63, 3.8) is 0 Å². The average molecular weight is 296 g/mol. The van der Waals surface area contributed by atoms with Crippen LogP contribution in [0, 0.1) is 5.82 Å². The summed E-state index contributed by atoms with van der Waals surface area (Å²) in [5.74, 6) is -1.30. The molecule has 1 aromatic rings. The van der Waals surface area contributed by atoms with Crippen molar-refractivity contribution in [2.45, 2.75) is 39.2 Å². The first-order chi connectivity index (χ1) is 9.95. The number of hydrogen-bond donors (Lipinski definition) is 2. The van der Waals surface area contributed by atoms with Crippen molar-refractivity contribution < 1.29 is 19.1 Å². The van der Waals surface area contributed by atoms with E-state index in [-0.39, 0.29) is 24.2 Å². The molecule has 0 fully saturated rings. The van der Waals surface area contributed by atoms with Crippen molar-refractivity contribution in [3.05, 3.63) is 30.1 Å². The lowest BCUT2D eigenvalue weighted by Gasteiger charge is -2.24. The molecule has 0 saturated heterocycles. The molecule has 1 aromatic carbocycles. The van der Waals surface area contributed by atoms with E-state index in [0.29, 0.717) is 19.4 Å². The number of carbonyl (C=O) groups is 2. The second kappa shape index (κ2) is 8.24. The minimum Gasteiger partial charge on any atom is -0.481 e. The Hall–Kier alpha value is -2.11. The van der Waals surface area contributed by atoms with Crippen LogP contribution in [0.3, 0.4) is 0 Å². The smallest absolute Gasteiger partial charge is 0.322 e. The lowest BCUT2D eigenvalue weighted by Crippen LogP contribution is -2.44. The van der Waals surface area contributed by atoms with E-state index in [4.69, 9.17) is 5.11 Å². The molecule has 2 amide bonds. The van der Waals surface area contributed by atoms with Gasteiger partial charge in [-0.15, -0.1) is 0 Å². The number of benzene rings is 1. The van der Waals surface area contributed by atoms with Gasteiger partial charge in [0.15, 0.2) is 0 Å². The van der Waals surface area contributed by atoms with Crippen LogP contribution in [0.2, 0.25) is 0 Å². The summed E-state index contributed by atoms with van der Waals surface area (Å²) in [5.41, 5.74) is 0.232. The highest BCUT2D eigenvalue weighted by atomic mass is 19.1. The number of hydrogen-bond acceptors (Lipinski definition) is 2. The van der Waals surface area contributed by atoms with Crippen LogP contribution in [0.1, 0.15) is 33.1 Å². The summed E-state index contributed by atoms with van der Waals surface area (Å²) in [4.78, 5) is 23.9. The van der Waals surface area contributed by atoms with Gasteiger partial charge >= 0.3 is 12.0 Å². The largest absolute Gasteiger partial charge is 0.481 e. The van der Waals surface area contributed by atoms with E-state index in [9.17, 15) is 14.0 Å². The van der Waals surface area contributed by atoms with E-state index in [0.717, 1.165) is 0 Å². The molecule has 0 aromatic heterocycles. The average Bonchev–Trinajstić information content (AvgIpc) is 2.41. The number of nitrogens with zero attached hydrogens (tertiary/aromatic N) is 1. The quantitative estimate of drug-likeness (QED) is 0.812. The van der Waals surface area contributed by atoms with Crippen molar-refractivity contribution in [2.75, 3.05) is 11.4 Å². The fraction of sp³-hybridized carbons (Fsp3) is 0.467. The first kappa shape index (κ1) is 16.9. The summed E-state index contributed by atoms with van der Waals surface area (Å²) in [6, 6.07) is 5.54. The molecule has 1 atom stereocenters. The Labute approximate surface area is 123 Å². The molecular formula is C15H21FN2O3. The number of carboxylic acids is 1. The Morgan fingerprint density at radius 3 is 2.62 bits per heavy atom. The number of halogens is 1. The minimum atomic E-state index is -0.852. The van der Waals surface area contributed by atoms with Crippen molar-refractivity contribution in [3.8, 4) is 0 Å². The number of amides is 2.